The van der Waals surface area contributed by atoms with Crippen LogP contribution < -0.4 is 15.2 Å². The molecule has 14 heavy (non-hydrogen) atoms. The summed E-state index contributed by atoms with van der Waals surface area (Å²) in [4.78, 5) is 10.5. The monoisotopic (exact) mass is 192 g/mol. The summed E-state index contributed by atoms with van der Waals surface area (Å²) in [5, 5.41) is 13.3. The van der Waals surface area contributed by atoms with Gasteiger partial charge in [-0.3, -0.25) is 5.32 Å². The van der Waals surface area contributed by atoms with Crippen molar-refractivity contribution in [1.29, 1.82) is 0 Å². The molecular weight excluding hydrogens is 182 g/mol. The molecule has 4 nitrogen and oxygen atoms in total. The first-order valence-corrected chi connectivity index (χ1v) is 4.33. The van der Waals surface area contributed by atoms with E-state index in [9.17, 15) is 9.90 Å². The SMILES string of the molecule is COc1ccc([C@@H]2N[C@@H]2C(=O)[O-])cc1. The van der Waals surface area contributed by atoms with E-state index in [1.165, 1.54) is 0 Å². The molecule has 0 saturated carbocycles. The van der Waals surface area contributed by atoms with Crippen LogP contribution in [0, 0.1) is 0 Å². The van der Waals surface area contributed by atoms with Crippen LogP contribution in [0.3, 0.4) is 0 Å². The normalized spacial score (nSPS) is 24.4. The minimum atomic E-state index is -1.05. The second-order valence-electron chi connectivity index (χ2n) is 3.21. The number of methoxy groups -OCH3 is 1. The molecule has 0 radical (unpaired) electrons. The van der Waals surface area contributed by atoms with Crippen LogP contribution in [0.25, 0.3) is 0 Å². The van der Waals surface area contributed by atoms with Gasteiger partial charge in [-0.05, 0) is 17.7 Å². The van der Waals surface area contributed by atoms with Gasteiger partial charge in [0, 0.05) is 0 Å². The third-order valence-electron chi connectivity index (χ3n) is 2.31. The molecule has 0 amide bonds. The Morgan fingerprint density at radius 1 is 1.43 bits per heavy atom. The Kier molecular flexibility index (Phi) is 2.13. The average molecular weight is 192 g/mol. The highest BCUT2D eigenvalue weighted by molar-refractivity contribution is 5.76. The molecule has 1 aromatic rings. The Morgan fingerprint density at radius 2 is 2.07 bits per heavy atom. The Labute approximate surface area is 81.5 Å². The molecule has 74 valence electrons. The molecule has 0 aromatic heterocycles. The van der Waals surface area contributed by atoms with Gasteiger partial charge in [0.1, 0.15) is 5.75 Å². The van der Waals surface area contributed by atoms with Gasteiger partial charge < -0.3 is 14.6 Å². The fourth-order valence-corrected chi connectivity index (χ4v) is 1.44. The zero-order chi connectivity index (χ0) is 10.1. The van der Waals surface area contributed by atoms with Crippen LogP contribution in [0.1, 0.15) is 11.6 Å². The minimum absolute atomic E-state index is 0.106. The highest BCUT2D eigenvalue weighted by Gasteiger charge is 2.38. The summed E-state index contributed by atoms with van der Waals surface area (Å²) in [7, 11) is 1.59. The van der Waals surface area contributed by atoms with Crippen LogP contribution in [-0.2, 0) is 4.79 Å². The Bertz CT molecular complexity index is 347. The maximum atomic E-state index is 10.5. The second kappa shape index (κ2) is 3.31. The zero-order valence-electron chi connectivity index (χ0n) is 7.69. The molecule has 2 atom stereocenters. The van der Waals surface area contributed by atoms with E-state index in [1.807, 2.05) is 24.3 Å². The quantitative estimate of drug-likeness (QED) is 0.653. The van der Waals surface area contributed by atoms with Crippen molar-refractivity contribution in [3.63, 3.8) is 0 Å². The predicted octanol–water partition coefficient (Wildman–Crippen LogP) is -0.542. The van der Waals surface area contributed by atoms with E-state index in [4.69, 9.17) is 4.74 Å². The van der Waals surface area contributed by atoms with Crippen molar-refractivity contribution in [2.45, 2.75) is 12.1 Å². The summed E-state index contributed by atoms with van der Waals surface area (Å²) >= 11 is 0. The third-order valence-corrected chi connectivity index (χ3v) is 2.31. The lowest BCUT2D eigenvalue weighted by Gasteiger charge is -2.01. The van der Waals surface area contributed by atoms with Crippen LogP contribution in [0.15, 0.2) is 24.3 Å². The van der Waals surface area contributed by atoms with E-state index < -0.39 is 12.0 Å². The summed E-state index contributed by atoms with van der Waals surface area (Å²) in [6.45, 7) is 0. The number of carboxylic acid groups (broad SMARTS) is 1. The zero-order valence-corrected chi connectivity index (χ0v) is 7.69. The van der Waals surface area contributed by atoms with Crippen molar-refractivity contribution in [3.05, 3.63) is 29.8 Å². The van der Waals surface area contributed by atoms with Crippen molar-refractivity contribution in [2.24, 2.45) is 0 Å². The van der Waals surface area contributed by atoms with Gasteiger partial charge in [-0.25, -0.2) is 0 Å². The molecule has 2 rings (SSSR count). The number of hydrogen-bond acceptors (Lipinski definition) is 4. The van der Waals surface area contributed by atoms with Gasteiger partial charge in [0.25, 0.3) is 0 Å². The van der Waals surface area contributed by atoms with Gasteiger partial charge in [-0.1, -0.05) is 12.1 Å². The maximum absolute atomic E-state index is 10.5. The van der Waals surface area contributed by atoms with E-state index >= 15 is 0 Å². The molecule has 1 saturated heterocycles. The summed E-state index contributed by atoms with van der Waals surface area (Å²) in [6.07, 6.45) is 0. The number of benzene rings is 1. The summed E-state index contributed by atoms with van der Waals surface area (Å²) in [6, 6.07) is 6.66. The lowest BCUT2D eigenvalue weighted by Crippen LogP contribution is -2.29. The average Bonchev–Trinajstić information content (AvgIpc) is 2.97. The van der Waals surface area contributed by atoms with Gasteiger partial charge in [-0.15, -0.1) is 0 Å². The Morgan fingerprint density at radius 3 is 2.50 bits per heavy atom. The van der Waals surface area contributed by atoms with Gasteiger partial charge in [0.15, 0.2) is 0 Å². The number of nitrogens with one attached hydrogen (secondary N) is 1. The van der Waals surface area contributed by atoms with E-state index in [-0.39, 0.29) is 6.04 Å². The van der Waals surface area contributed by atoms with Crippen molar-refractivity contribution in [1.82, 2.24) is 5.32 Å². The van der Waals surface area contributed by atoms with Crippen molar-refractivity contribution in [2.75, 3.05) is 7.11 Å². The maximum Gasteiger partial charge on any atom is 0.118 e. The minimum Gasteiger partial charge on any atom is -0.548 e. The number of aliphatic carboxylic acids is 1. The van der Waals surface area contributed by atoms with Gasteiger partial charge in [-0.2, -0.15) is 0 Å². The Hall–Kier alpha value is -1.55. The molecule has 0 unspecified atom stereocenters. The smallest absolute Gasteiger partial charge is 0.118 e. The van der Waals surface area contributed by atoms with Crippen LogP contribution in [0.5, 0.6) is 5.75 Å². The molecule has 1 aliphatic rings. The van der Waals surface area contributed by atoms with Crippen molar-refractivity contribution >= 4 is 5.97 Å². The summed E-state index contributed by atoms with van der Waals surface area (Å²) in [5.74, 6) is -0.287. The fraction of sp³-hybridized carbons (Fsp3) is 0.300. The van der Waals surface area contributed by atoms with E-state index in [0.717, 1.165) is 11.3 Å². The van der Waals surface area contributed by atoms with Gasteiger partial charge >= 0.3 is 0 Å². The van der Waals surface area contributed by atoms with Gasteiger partial charge in [0.05, 0.1) is 25.2 Å². The van der Waals surface area contributed by atoms with Crippen molar-refractivity contribution < 1.29 is 14.6 Å². The highest BCUT2D eigenvalue weighted by atomic mass is 16.5. The van der Waals surface area contributed by atoms with Gasteiger partial charge in [0.2, 0.25) is 0 Å². The lowest BCUT2D eigenvalue weighted by molar-refractivity contribution is -0.305. The molecule has 1 aliphatic heterocycles. The summed E-state index contributed by atoms with van der Waals surface area (Å²) in [5.41, 5.74) is 0.944. The molecule has 0 aliphatic carbocycles. The molecule has 0 spiro atoms. The highest BCUT2D eigenvalue weighted by Crippen LogP contribution is 2.30. The van der Waals surface area contributed by atoms with Crippen LogP contribution in [-0.4, -0.2) is 19.1 Å². The lowest BCUT2D eigenvalue weighted by atomic mass is 10.1. The van der Waals surface area contributed by atoms with Crippen LogP contribution >= 0.6 is 0 Å². The molecule has 4 heteroatoms. The Balaban J connectivity index is 2.08. The molecule has 1 fully saturated rings. The first-order chi connectivity index (χ1) is 6.72. The number of rotatable bonds is 3. The first kappa shape index (κ1) is 9.02. The first-order valence-electron chi connectivity index (χ1n) is 4.33. The number of ether oxygens (including phenoxy) is 1. The standard InChI is InChI=1S/C10H11NO3/c1-14-7-4-2-6(3-5-7)8-9(11-8)10(12)13/h2-5,8-9,11H,1H3,(H,12,13)/p-1/t8-,9-/m0/s1. The fourth-order valence-electron chi connectivity index (χ4n) is 1.44. The topological polar surface area (TPSA) is 71.3 Å². The number of carbonyl (C=O) groups is 1. The van der Waals surface area contributed by atoms with Crippen LogP contribution in [0.4, 0.5) is 0 Å². The molecule has 0 bridgehead atoms. The van der Waals surface area contributed by atoms with E-state index in [0.29, 0.717) is 0 Å². The number of hydrogen-bond donors (Lipinski definition) is 1. The van der Waals surface area contributed by atoms with Crippen LogP contribution in [0.2, 0.25) is 0 Å². The van der Waals surface area contributed by atoms with E-state index in [2.05, 4.69) is 5.32 Å². The number of carbonyl (C=O) groups excluding carboxylic acids is 1. The predicted molar refractivity (Wildman–Crippen MR) is 47.7 cm³/mol. The second-order valence-corrected chi connectivity index (χ2v) is 3.21. The molecule has 1 aromatic carbocycles. The largest absolute Gasteiger partial charge is 0.548 e. The number of carboxylic acids is 1. The van der Waals surface area contributed by atoms with E-state index in [1.54, 1.807) is 7.11 Å². The molecule has 1 heterocycles. The molecular formula is C10H10NO3-. The third kappa shape index (κ3) is 1.56. The molecule has 1 N–H and O–H groups in total. The van der Waals surface area contributed by atoms with Crippen molar-refractivity contribution in [3.8, 4) is 5.75 Å². The summed E-state index contributed by atoms with van der Waals surface area (Å²) < 4.78 is 4.99.